The number of rotatable bonds is 5. The second-order valence-corrected chi connectivity index (χ2v) is 7.89. The summed E-state index contributed by atoms with van der Waals surface area (Å²) in [6, 6.07) is 9.02. The van der Waals surface area contributed by atoms with Crippen LogP contribution in [0.2, 0.25) is 0 Å². The van der Waals surface area contributed by atoms with E-state index in [1.165, 1.54) is 24.5 Å². The Balaban J connectivity index is 1.93. The van der Waals surface area contributed by atoms with Crippen LogP contribution < -0.4 is 15.8 Å². The zero-order chi connectivity index (χ0) is 20.3. The number of carbonyl (C=O) groups excluding carboxylic acids is 2. The molecule has 2 aromatic rings. The zero-order valence-electron chi connectivity index (χ0n) is 15.7. The summed E-state index contributed by atoms with van der Waals surface area (Å²) >= 11 is 1.37. The highest BCUT2D eigenvalue weighted by atomic mass is 32.1. The summed E-state index contributed by atoms with van der Waals surface area (Å²) in [4.78, 5) is 25.8. The molecule has 1 atom stereocenters. The Morgan fingerprint density at radius 2 is 2.14 bits per heavy atom. The van der Waals surface area contributed by atoms with Gasteiger partial charge >= 0.3 is 0 Å². The molecule has 0 bridgehead atoms. The number of thiophene rings is 1. The van der Waals surface area contributed by atoms with Crippen LogP contribution in [-0.2, 0) is 17.6 Å². The number of nitriles is 1. The molecule has 0 spiro atoms. The van der Waals surface area contributed by atoms with Crippen LogP contribution >= 0.6 is 11.3 Å². The van der Waals surface area contributed by atoms with Crippen molar-refractivity contribution in [1.82, 2.24) is 0 Å². The monoisotopic (exact) mass is 395 g/mol. The number of nitrogens with zero attached hydrogens (tertiary/aromatic N) is 1. The van der Waals surface area contributed by atoms with E-state index in [1.807, 2.05) is 6.07 Å². The Hall–Kier alpha value is -3.11. The van der Waals surface area contributed by atoms with Crippen molar-refractivity contribution in [3.05, 3.63) is 51.4 Å². The number of benzene rings is 1. The van der Waals surface area contributed by atoms with Gasteiger partial charge in [0.15, 0.2) is 0 Å². The molecule has 2 amide bonds. The Bertz CT molecular complexity index is 1000. The van der Waals surface area contributed by atoms with Crippen molar-refractivity contribution < 1.29 is 14.3 Å². The molecule has 0 saturated heterocycles. The first-order valence-corrected chi connectivity index (χ1v) is 9.76. The van der Waals surface area contributed by atoms with E-state index < -0.39 is 11.8 Å². The van der Waals surface area contributed by atoms with Crippen LogP contribution in [0.4, 0.5) is 5.00 Å². The molecule has 1 aromatic heterocycles. The Morgan fingerprint density at radius 3 is 2.82 bits per heavy atom. The summed E-state index contributed by atoms with van der Waals surface area (Å²) in [5, 5.41) is 12.6. The molecule has 1 aliphatic rings. The van der Waals surface area contributed by atoms with E-state index in [-0.39, 0.29) is 5.57 Å². The molecule has 3 rings (SSSR count). The highest BCUT2D eigenvalue weighted by Gasteiger charge is 2.27. The van der Waals surface area contributed by atoms with E-state index in [4.69, 9.17) is 10.5 Å². The standard InChI is InChI=1S/C21H21N3O3S/c1-12-7-8-15-17(9-12)28-21(18(15)19(23)25)24-20(26)14(11-22)10-13-5-3-4-6-16(13)27-2/h3-6,10,12H,7-9H2,1-2H3,(H2,23,25)(H,24,26). The Morgan fingerprint density at radius 1 is 1.39 bits per heavy atom. The van der Waals surface area contributed by atoms with Crippen molar-refractivity contribution in [3.63, 3.8) is 0 Å². The van der Waals surface area contributed by atoms with Gasteiger partial charge in [-0.25, -0.2) is 0 Å². The average molecular weight is 395 g/mol. The summed E-state index contributed by atoms with van der Waals surface area (Å²) in [6.45, 7) is 2.16. The van der Waals surface area contributed by atoms with E-state index >= 15 is 0 Å². The van der Waals surface area contributed by atoms with E-state index in [0.29, 0.717) is 27.8 Å². The summed E-state index contributed by atoms with van der Waals surface area (Å²) < 4.78 is 5.26. The minimum absolute atomic E-state index is 0.0836. The number of para-hydroxylation sites is 1. The number of carbonyl (C=O) groups is 2. The number of hydrogen-bond donors (Lipinski definition) is 2. The molecule has 28 heavy (non-hydrogen) atoms. The maximum atomic E-state index is 12.7. The van der Waals surface area contributed by atoms with Gasteiger partial charge in [-0.3, -0.25) is 9.59 Å². The molecular weight excluding hydrogens is 374 g/mol. The second kappa shape index (κ2) is 8.28. The fourth-order valence-corrected chi connectivity index (χ4v) is 4.77. The molecule has 1 aromatic carbocycles. The summed E-state index contributed by atoms with van der Waals surface area (Å²) in [5.74, 6) is -0.0610. The Kier molecular flexibility index (Phi) is 5.81. The molecular formula is C21H21N3O3S. The van der Waals surface area contributed by atoms with Crippen molar-refractivity contribution in [2.75, 3.05) is 12.4 Å². The lowest BCUT2D eigenvalue weighted by Gasteiger charge is -2.18. The fourth-order valence-electron chi connectivity index (χ4n) is 3.36. The van der Waals surface area contributed by atoms with E-state index in [2.05, 4.69) is 12.2 Å². The quantitative estimate of drug-likeness (QED) is 0.597. The third-order valence-corrected chi connectivity index (χ3v) is 5.96. The van der Waals surface area contributed by atoms with Crippen molar-refractivity contribution in [2.45, 2.75) is 26.2 Å². The van der Waals surface area contributed by atoms with Gasteiger partial charge < -0.3 is 15.8 Å². The van der Waals surface area contributed by atoms with Gasteiger partial charge in [-0.15, -0.1) is 11.3 Å². The average Bonchev–Trinajstić information content (AvgIpc) is 3.03. The van der Waals surface area contributed by atoms with Crippen LogP contribution in [0, 0.1) is 17.2 Å². The zero-order valence-corrected chi connectivity index (χ0v) is 16.6. The smallest absolute Gasteiger partial charge is 0.266 e. The second-order valence-electron chi connectivity index (χ2n) is 6.79. The van der Waals surface area contributed by atoms with Crippen LogP contribution in [0.1, 0.15) is 39.7 Å². The van der Waals surface area contributed by atoms with Crippen molar-refractivity contribution in [1.29, 1.82) is 5.26 Å². The molecule has 0 fully saturated rings. The molecule has 1 heterocycles. The lowest BCUT2D eigenvalue weighted by Crippen LogP contribution is -2.19. The number of primary amides is 1. The first-order valence-electron chi connectivity index (χ1n) is 8.95. The van der Waals surface area contributed by atoms with Gasteiger partial charge in [-0.2, -0.15) is 5.26 Å². The predicted octanol–water partition coefficient (Wildman–Crippen LogP) is 3.53. The first kappa shape index (κ1) is 19.6. The molecule has 3 N–H and O–H groups in total. The molecule has 6 nitrogen and oxygen atoms in total. The van der Waals surface area contributed by atoms with E-state index in [1.54, 1.807) is 24.3 Å². The highest BCUT2D eigenvalue weighted by Crippen LogP contribution is 2.39. The van der Waals surface area contributed by atoms with Crippen LogP contribution in [0.25, 0.3) is 6.08 Å². The normalized spacial score (nSPS) is 16.0. The number of amides is 2. The third-order valence-electron chi connectivity index (χ3n) is 4.79. The van der Waals surface area contributed by atoms with Crippen LogP contribution in [0.5, 0.6) is 5.75 Å². The largest absolute Gasteiger partial charge is 0.496 e. The Labute approximate surface area is 167 Å². The SMILES string of the molecule is COc1ccccc1C=C(C#N)C(=O)Nc1sc2c(c1C(N)=O)CCC(C)C2. The van der Waals surface area contributed by atoms with Gasteiger partial charge in [0.1, 0.15) is 22.4 Å². The number of methoxy groups -OCH3 is 1. The number of nitrogens with two attached hydrogens (primary N) is 1. The lowest BCUT2D eigenvalue weighted by atomic mass is 9.88. The van der Waals surface area contributed by atoms with Crippen molar-refractivity contribution in [2.24, 2.45) is 11.7 Å². The van der Waals surface area contributed by atoms with E-state index in [9.17, 15) is 14.9 Å². The molecule has 1 aliphatic carbocycles. The topological polar surface area (TPSA) is 105 Å². The van der Waals surface area contributed by atoms with Gasteiger partial charge in [0.05, 0.1) is 12.7 Å². The van der Waals surface area contributed by atoms with Crippen LogP contribution in [0.3, 0.4) is 0 Å². The molecule has 1 unspecified atom stereocenters. The highest BCUT2D eigenvalue weighted by molar-refractivity contribution is 7.17. The van der Waals surface area contributed by atoms with Crippen LogP contribution in [0.15, 0.2) is 29.8 Å². The lowest BCUT2D eigenvalue weighted by molar-refractivity contribution is -0.112. The van der Waals surface area contributed by atoms with E-state index in [0.717, 1.165) is 29.7 Å². The molecule has 0 aliphatic heterocycles. The molecule has 0 radical (unpaired) electrons. The predicted molar refractivity (Wildman–Crippen MR) is 109 cm³/mol. The first-order chi connectivity index (χ1) is 13.4. The van der Waals surface area contributed by atoms with Crippen LogP contribution in [-0.4, -0.2) is 18.9 Å². The number of ether oxygens (including phenoxy) is 1. The number of hydrogen-bond acceptors (Lipinski definition) is 5. The van der Waals surface area contributed by atoms with Crippen molar-refractivity contribution >= 4 is 34.2 Å². The van der Waals surface area contributed by atoms with Gasteiger partial charge in [0.2, 0.25) is 0 Å². The summed E-state index contributed by atoms with van der Waals surface area (Å²) in [7, 11) is 1.52. The molecule has 144 valence electrons. The van der Waals surface area contributed by atoms with Gasteiger partial charge in [-0.05, 0) is 42.9 Å². The number of fused-ring (bicyclic) bond motifs is 1. The maximum Gasteiger partial charge on any atom is 0.266 e. The molecule has 0 saturated carbocycles. The molecule has 7 heteroatoms. The summed E-state index contributed by atoms with van der Waals surface area (Å²) in [5.41, 5.74) is 7.42. The van der Waals surface area contributed by atoms with Gasteiger partial charge in [0, 0.05) is 10.4 Å². The van der Waals surface area contributed by atoms with Crippen molar-refractivity contribution in [3.8, 4) is 11.8 Å². The number of anilines is 1. The minimum Gasteiger partial charge on any atom is -0.496 e. The summed E-state index contributed by atoms with van der Waals surface area (Å²) in [6.07, 6.45) is 4.07. The number of nitrogens with one attached hydrogen (secondary N) is 1. The van der Waals surface area contributed by atoms with Gasteiger partial charge in [0.25, 0.3) is 11.8 Å². The fraction of sp³-hybridized carbons (Fsp3) is 0.286. The maximum absolute atomic E-state index is 12.7. The minimum atomic E-state index is -0.581. The van der Waals surface area contributed by atoms with Gasteiger partial charge in [-0.1, -0.05) is 25.1 Å². The third kappa shape index (κ3) is 3.92.